The van der Waals surface area contributed by atoms with Gasteiger partial charge in [0, 0.05) is 6.20 Å². The normalized spacial score (nSPS) is 22.0. The van der Waals surface area contributed by atoms with Crippen molar-refractivity contribution >= 4 is 22.9 Å². The summed E-state index contributed by atoms with van der Waals surface area (Å²) >= 11 is 1.96. The number of aromatic nitrogens is 4. The van der Waals surface area contributed by atoms with Crippen molar-refractivity contribution in [3.8, 4) is 0 Å². The standard InChI is InChI=1S/C10H12N4S/c1-2-7-15-9(5-1)14-10-8(12-13-14)4-3-6-11-10/h3-4,6,9H,1-2,5,7H2. The van der Waals surface area contributed by atoms with Crippen LogP contribution in [0.1, 0.15) is 24.6 Å². The lowest BCUT2D eigenvalue weighted by Crippen LogP contribution is -2.12. The van der Waals surface area contributed by atoms with Crippen molar-refractivity contribution in [3.63, 3.8) is 0 Å². The summed E-state index contributed by atoms with van der Waals surface area (Å²) in [6.45, 7) is 0. The average Bonchev–Trinajstić information content (AvgIpc) is 2.74. The van der Waals surface area contributed by atoms with Crippen LogP contribution in [0.5, 0.6) is 0 Å². The molecule has 0 aliphatic carbocycles. The quantitative estimate of drug-likeness (QED) is 0.739. The molecule has 0 bridgehead atoms. The smallest absolute Gasteiger partial charge is 0.179 e. The van der Waals surface area contributed by atoms with Crippen LogP contribution in [-0.4, -0.2) is 25.7 Å². The lowest BCUT2D eigenvalue weighted by Gasteiger charge is -2.20. The SMILES string of the molecule is c1cnc2c(c1)nnn2C1CCCCS1. The van der Waals surface area contributed by atoms with Crippen LogP contribution in [0.15, 0.2) is 18.3 Å². The van der Waals surface area contributed by atoms with E-state index in [1.54, 1.807) is 6.20 Å². The second kappa shape index (κ2) is 3.81. The Morgan fingerprint density at radius 1 is 1.40 bits per heavy atom. The van der Waals surface area contributed by atoms with Crippen molar-refractivity contribution in [2.45, 2.75) is 24.6 Å². The highest BCUT2D eigenvalue weighted by atomic mass is 32.2. The molecule has 1 aliphatic heterocycles. The highest BCUT2D eigenvalue weighted by molar-refractivity contribution is 7.99. The summed E-state index contributed by atoms with van der Waals surface area (Å²) in [5.41, 5.74) is 1.81. The molecule has 0 aromatic carbocycles. The molecule has 1 fully saturated rings. The minimum Gasteiger partial charge on any atom is -0.235 e. The number of hydrogen-bond donors (Lipinski definition) is 0. The first-order chi connectivity index (χ1) is 7.45. The first-order valence-corrected chi connectivity index (χ1v) is 6.27. The Hall–Kier alpha value is -1.10. The lowest BCUT2D eigenvalue weighted by atomic mass is 10.2. The Balaban J connectivity index is 2.02. The fourth-order valence-electron chi connectivity index (χ4n) is 1.89. The summed E-state index contributed by atoms with van der Waals surface area (Å²) in [5.74, 6) is 1.22. The van der Waals surface area contributed by atoms with Gasteiger partial charge in [0.2, 0.25) is 0 Å². The van der Waals surface area contributed by atoms with Gasteiger partial charge < -0.3 is 0 Å². The number of rotatable bonds is 1. The number of hydrogen-bond acceptors (Lipinski definition) is 4. The number of fused-ring (bicyclic) bond motifs is 1. The van der Waals surface area contributed by atoms with E-state index in [-0.39, 0.29) is 0 Å². The van der Waals surface area contributed by atoms with Crippen LogP contribution in [0.25, 0.3) is 11.2 Å². The van der Waals surface area contributed by atoms with E-state index >= 15 is 0 Å². The van der Waals surface area contributed by atoms with Crippen molar-refractivity contribution in [3.05, 3.63) is 18.3 Å². The molecule has 0 radical (unpaired) electrons. The molecule has 0 saturated carbocycles. The molecule has 2 aromatic heterocycles. The van der Waals surface area contributed by atoms with E-state index in [1.165, 1.54) is 25.0 Å². The van der Waals surface area contributed by atoms with Crippen LogP contribution >= 0.6 is 11.8 Å². The highest BCUT2D eigenvalue weighted by Gasteiger charge is 2.19. The third-order valence-electron chi connectivity index (χ3n) is 2.66. The van der Waals surface area contributed by atoms with Crippen LogP contribution in [-0.2, 0) is 0 Å². The topological polar surface area (TPSA) is 43.6 Å². The van der Waals surface area contributed by atoms with Gasteiger partial charge >= 0.3 is 0 Å². The third-order valence-corrected chi connectivity index (χ3v) is 4.00. The number of pyridine rings is 1. The van der Waals surface area contributed by atoms with Gasteiger partial charge in [0.1, 0.15) is 10.9 Å². The zero-order valence-electron chi connectivity index (χ0n) is 8.33. The number of thioether (sulfide) groups is 1. The van der Waals surface area contributed by atoms with Crippen molar-refractivity contribution in [2.24, 2.45) is 0 Å². The van der Waals surface area contributed by atoms with E-state index in [9.17, 15) is 0 Å². The summed E-state index contributed by atoms with van der Waals surface area (Å²) < 4.78 is 1.97. The molecule has 15 heavy (non-hydrogen) atoms. The third kappa shape index (κ3) is 1.61. The van der Waals surface area contributed by atoms with Crippen LogP contribution < -0.4 is 0 Å². The molecule has 1 unspecified atom stereocenters. The fourth-order valence-corrected chi connectivity index (χ4v) is 3.15. The molecule has 0 amide bonds. The second-order valence-corrected chi connectivity index (χ2v) is 4.99. The largest absolute Gasteiger partial charge is 0.235 e. The minimum absolute atomic E-state index is 0.429. The van der Waals surface area contributed by atoms with Gasteiger partial charge in [-0.1, -0.05) is 5.21 Å². The van der Waals surface area contributed by atoms with Gasteiger partial charge in [-0.25, -0.2) is 9.67 Å². The van der Waals surface area contributed by atoms with Crippen LogP contribution in [0.2, 0.25) is 0 Å². The van der Waals surface area contributed by atoms with E-state index in [4.69, 9.17) is 0 Å². The maximum atomic E-state index is 4.34. The van der Waals surface area contributed by atoms with Crippen LogP contribution in [0, 0.1) is 0 Å². The summed E-state index contributed by atoms with van der Waals surface area (Å²) in [5, 5.41) is 8.76. The minimum atomic E-state index is 0.429. The molecule has 3 heterocycles. The molecule has 1 aliphatic rings. The molecule has 78 valence electrons. The Morgan fingerprint density at radius 2 is 2.40 bits per heavy atom. The van der Waals surface area contributed by atoms with Gasteiger partial charge in [0.05, 0.1) is 0 Å². The van der Waals surface area contributed by atoms with E-state index in [0.29, 0.717) is 5.37 Å². The van der Waals surface area contributed by atoms with Crippen LogP contribution in [0.3, 0.4) is 0 Å². The Kier molecular flexibility index (Phi) is 2.32. The van der Waals surface area contributed by atoms with Gasteiger partial charge in [0.15, 0.2) is 5.65 Å². The Morgan fingerprint density at radius 3 is 3.27 bits per heavy atom. The van der Waals surface area contributed by atoms with Crippen LogP contribution in [0.4, 0.5) is 0 Å². The summed E-state index contributed by atoms with van der Waals surface area (Å²) in [4.78, 5) is 4.34. The molecule has 2 aromatic rings. The van der Waals surface area contributed by atoms with Gasteiger partial charge in [-0.2, -0.15) is 0 Å². The molecule has 3 rings (SSSR count). The summed E-state index contributed by atoms with van der Waals surface area (Å²) in [6.07, 6.45) is 5.59. The molecular weight excluding hydrogens is 208 g/mol. The Labute approximate surface area is 92.1 Å². The maximum Gasteiger partial charge on any atom is 0.179 e. The molecular formula is C10H12N4S. The predicted molar refractivity (Wildman–Crippen MR) is 60.7 cm³/mol. The second-order valence-electron chi connectivity index (χ2n) is 3.70. The maximum absolute atomic E-state index is 4.34. The predicted octanol–water partition coefficient (Wildman–Crippen LogP) is 2.24. The summed E-state index contributed by atoms with van der Waals surface area (Å²) in [6, 6.07) is 3.86. The molecule has 4 nitrogen and oxygen atoms in total. The first-order valence-electron chi connectivity index (χ1n) is 5.23. The molecule has 1 saturated heterocycles. The zero-order valence-corrected chi connectivity index (χ0v) is 9.15. The van der Waals surface area contributed by atoms with Crippen molar-refractivity contribution in [1.82, 2.24) is 20.0 Å². The first kappa shape index (κ1) is 9.15. The van der Waals surface area contributed by atoms with Gasteiger partial charge in [-0.05, 0) is 37.1 Å². The van der Waals surface area contributed by atoms with E-state index in [1.807, 2.05) is 28.6 Å². The monoisotopic (exact) mass is 220 g/mol. The fraction of sp³-hybridized carbons (Fsp3) is 0.500. The highest BCUT2D eigenvalue weighted by Crippen LogP contribution is 2.34. The average molecular weight is 220 g/mol. The lowest BCUT2D eigenvalue weighted by molar-refractivity contribution is 0.520. The van der Waals surface area contributed by atoms with Gasteiger partial charge in [-0.3, -0.25) is 0 Å². The van der Waals surface area contributed by atoms with Crippen molar-refractivity contribution in [2.75, 3.05) is 5.75 Å². The van der Waals surface area contributed by atoms with E-state index in [2.05, 4.69) is 15.3 Å². The zero-order chi connectivity index (χ0) is 10.1. The van der Waals surface area contributed by atoms with Gasteiger partial charge in [-0.15, -0.1) is 16.9 Å². The molecule has 1 atom stereocenters. The molecule has 0 N–H and O–H groups in total. The van der Waals surface area contributed by atoms with E-state index < -0.39 is 0 Å². The van der Waals surface area contributed by atoms with E-state index in [0.717, 1.165) is 11.2 Å². The van der Waals surface area contributed by atoms with Crippen molar-refractivity contribution in [1.29, 1.82) is 0 Å². The number of nitrogens with zero attached hydrogens (tertiary/aromatic N) is 4. The van der Waals surface area contributed by atoms with Crippen molar-refractivity contribution < 1.29 is 0 Å². The Bertz CT molecular complexity index is 461. The summed E-state index contributed by atoms with van der Waals surface area (Å²) in [7, 11) is 0. The molecule has 5 heteroatoms. The van der Waals surface area contributed by atoms with Gasteiger partial charge in [0.25, 0.3) is 0 Å². The molecule has 0 spiro atoms.